The van der Waals surface area contributed by atoms with Gasteiger partial charge in [0, 0.05) is 37.4 Å². The van der Waals surface area contributed by atoms with Gasteiger partial charge in [-0.1, -0.05) is 0 Å². The maximum absolute atomic E-state index is 4.32. The van der Waals surface area contributed by atoms with Gasteiger partial charge in [0.05, 0.1) is 6.20 Å². The highest BCUT2D eigenvalue weighted by Crippen LogP contribution is 2.19. The van der Waals surface area contributed by atoms with Crippen LogP contribution in [-0.2, 0) is 13.1 Å². The van der Waals surface area contributed by atoms with Gasteiger partial charge >= 0.3 is 0 Å². The summed E-state index contributed by atoms with van der Waals surface area (Å²) in [6, 6.07) is 0.704. The molecular weight excluding hydrogens is 236 g/mol. The Balaban J connectivity index is 0.00000144. The van der Waals surface area contributed by atoms with Gasteiger partial charge in [-0.3, -0.25) is 9.58 Å². The molecule has 1 unspecified atom stereocenters. The first-order valence-electron chi connectivity index (χ1n) is 6.23. The van der Waals surface area contributed by atoms with Crippen molar-refractivity contribution < 1.29 is 0 Å². The van der Waals surface area contributed by atoms with Gasteiger partial charge in [0.15, 0.2) is 0 Å². The number of hydrogen-bond acceptors (Lipinski definition) is 3. The van der Waals surface area contributed by atoms with E-state index in [9.17, 15) is 0 Å². The molecule has 1 atom stereocenters. The van der Waals surface area contributed by atoms with Crippen LogP contribution in [-0.4, -0.2) is 40.9 Å². The molecule has 1 fully saturated rings. The average molecular weight is 259 g/mol. The topological polar surface area (TPSA) is 33.1 Å². The van der Waals surface area contributed by atoms with Gasteiger partial charge in [0.25, 0.3) is 0 Å². The van der Waals surface area contributed by atoms with Crippen LogP contribution in [0.5, 0.6) is 0 Å². The van der Waals surface area contributed by atoms with Gasteiger partial charge in [-0.05, 0) is 33.4 Å². The number of aromatic nitrogens is 2. The summed E-state index contributed by atoms with van der Waals surface area (Å²) in [4.78, 5) is 2.56. The van der Waals surface area contributed by atoms with Crippen molar-refractivity contribution in [1.29, 1.82) is 0 Å². The number of hydrogen-bond donors (Lipinski definition) is 1. The number of halogens is 1. The van der Waals surface area contributed by atoms with E-state index in [1.54, 1.807) is 0 Å². The van der Waals surface area contributed by atoms with Crippen LogP contribution in [0.15, 0.2) is 12.4 Å². The third-order valence-electron chi connectivity index (χ3n) is 3.34. The van der Waals surface area contributed by atoms with Crippen molar-refractivity contribution in [3.8, 4) is 0 Å². The molecule has 0 aromatic carbocycles. The van der Waals surface area contributed by atoms with E-state index in [4.69, 9.17) is 0 Å². The zero-order valence-corrected chi connectivity index (χ0v) is 11.5. The van der Waals surface area contributed by atoms with Gasteiger partial charge in [-0.2, -0.15) is 5.10 Å². The lowest BCUT2D eigenvalue weighted by atomic mass is 10.2. The highest BCUT2D eigenvalue weighted by Gasteiger charge is 2.23. The third-order valence-corrected chi connectivity index (χ3v) is 3.34. The molecule has 4 nitrogen and oxygen atoms in total. The Bertz CT molecular complexity index is 326. The molecule has 1 N–H and O–H groups in total. The smallest absolute Gasteiger partial charge is 0.0534 e. The zero-order valence-electron chi connectivity index (χ0n) is 10.7. The Kier molecular flexibility index (Phi) is 5.95. The zero-order chi connectivity index (χ0) is 11.4. The van der Waals surface area contributed by atoms with Crippen LogP contribution >= 0.6 is 12.4 Å². The molecule has 2 rings (SSSR count). The fourth-order valence-electron chi connectivity index (χ4n) is 2.47. The van der Waals surface area contributed by atoms with Crippen LogP contribution in [0.4, 0.5) is 0 Å². The van der Waals surface area contributed by atoms with Crippen molar-refractivity contribution in [2.45, 2.75) is 38.9 Å². The molecule has 0 bridgehead atoms. The minimum atomic E-state index is 0. The highest BCUT2D eigenvalue weighted by atomic mass is 35.5. The lowest BCUT2D eigenvalue weighted by molar-refractivity contribution is 0.242. The van der Waals surface area contributed by atoms with Gasteiger partial charge in [0.2, 0.25) is 0 Å². The van der Waals surface area contributed by atoms with E-state index in [2.05, 4.69) is 28.4 Å². The first-order chi connectivity index (χ1) is 7.83. The van der Waals surface area contributed by atoms with Crippen LogP contribution in [0, 0.1) is 0 Å². The minimum Gasteiger partial charge on any atom is -0.318 e. The van der Waals surface area contributed by atoms with E-state index < -0.39 is 0 Å². The summed E-state index contributed by atoms with van der Waals surface area (Å²) in [6.07, 6.45) is 6.81. The second kappa shape index (κ2) is 6.99. The largest absolute Gasteiger partial charge is 0.318 e. The molecule has 1 aliphatic heterocycles. The van der Waals surface area contributed by atoms with Crippen molar-refractivity contribution in [2.24, 2.45) is 0 Å². The number of nitrogens with one attached hydrogen (secondary N) is 1. The standard InChI is InChI=1S/C12H22N4.ClH/c1-3-16-10-11(7-14-16)9-15-6-4-5-12(15)8-13-2;/h7,10,12-13H,3-6,8-9H2,1-2H3;1H. The SMILES string of the molecule is CCn1cc(CN2CCCC2CNC)cn1.Cl. The molecule has 0 amide bonds. The monoisotopic (exact) mass is 258 g/mol. The van der Waals surface area contributed by atoms with E-state index >= 15 is 0 Å². The first kappa shape index (κ1) is 14.5. The Morgan fingerprint density at radius 1 is 1.53 bits per heavy atom. The summed E-state index contributed by atoms with van der Waals surface area (Å²) in [6.45, 7) is 6.45. The maximum atomic E-state index is 4.32. The van der Waals surface area contributed by atoms with E-state index in [0.717, 1.165) is 19.6 Å². The van der Waals surface area contributed by atoms with Crippen molar-refractivity contribution in [2.75, 3.05) is 20.1 Å². The lowest BCUT2D eigenvalue weighted by Gasteiger charge is -2.23. The van der Waals surface area contributed by atoms with Gasteiger partial charge in [0.1, 0.15) is 0 Å². The summed E-state index contributed by atoms with van der Waals surface area (Å²) < 4.78 is 2.00. The average Bonchev–Trinajstić information content (AvgIpc) is 2.90. The molecule has 17 heavy (non-hydrogen) atoms. The maximum Gasteiger partial charge on any atom is 0.0534 e. The normalized spacial score (nSPS) is 20.5. The molecule has 1 aromatic rings. The van der Waals surface area contributed by atoms with E-state index in [-0.39, 0.29) is 12.4 Å². The van der Waals surface area contributed by atoms with Crippen molar-refractivity contribution in [3.63, 3.8) is 0 Å². The number of nitrogens with zero attached hydrogens (tertiary/aromatic N) is 3. The van der Waals surface area contributed by atoms with Crippen molar-refractivity contribution in [3.05, 3.63) is 18.0 Å². The molecule has 1 aromatic heterocycles. The molecule has 2 heterocycles. The molecule has 1 aliphatic rings. The molecule has 0 saturated carbocycles. The molecule has 5 heteroatoms. The third kappa shape index (κ3) is 3.69. The summed E-state index contributed by atoms with van der Waals surface area (Å²) in [7, 11) is 2.03. The van der Waals surface area contributed by atoms with Crippen molar-refractivity contribution in [1.82, 2.24) is 20.0 Å². The number of likely N-dealkylation sites (N-methyl/N-ethyl adjacent to an activating group) is 1. The number of likely N-dealkylation sites (tertiary alicyclic amines) is 1. The van der Waals surface area contributed by atoms with Crippen molar-refractivity contribution >= 4 is 12.4 Å². The summed E-state index contributed by atoms with van der Waals surface area (Å²) in [5.41, 5.74) is 1.34. The van der Waals surface area contributed by atoms with Crippen LogP contribution < -0.4 is 5.32 Å². The summed E-state index contributed by atoms with van der Waals surface area (Å²) in [5, 5.41) is 7.60. The van der Waals surface area contributed by atoms with E-state index in [1.165, 1.54) is 24.9 Å². The molecule has 0 spiro atoms. The van der Waals surface area contributed by atoms with E-state index in [1.807, 2.05) is 17.9 Å². The molecule has 1 saturated heterocycles. The van der Waals surface area contributed by atoms with Crippen LogP contribution in [0.25, 0.3) is 0 Å². The second-order valence-electron chi connectivity index (χ2n) is 4.53. The molecular formula is C12H23ClN4. The van der Waals surface area contributed by atoms with Crippen LogP contribution in [0.1, 0.15) is 25.3 Å². The Morgan fingerprint density at radius 2 is 2.35 bits per heavy atom. The molecule has 0 radical (unpaired) electrons. The number of aryl methyl sites for hydroxylation is 1. The summed E-state index contributed by atoms with van der Waals surface area (Å²) in [5.74, 6) is 0. The predicted molar refractivity (Wildman–Crippen MR) is 72.5 cm³/mol. The Labute approximate surface area is 110 Å². The first-order valence-corrected chi connectivity index (χ1v) is 6.23. The Hall–Kier alpha value is -0.580. The summed E-state index contributed by atoms with van der Waals surface area (Å²) >= 11 is 0. The highest BCUT2D eigenvalue weighted by molar-refractivity contribution is 5.85. The van der Waals surface area contributed by atoms with Crippen LogP contribution in [0.2, 0.25) is 0 Å². The predicted octanol–water partition coefficient (Wildman–Crippen LogP) is 1.51. The molecule has 0 aliphatic carbocycles. The second-order valence-corrected chi connectivity index (χ2v) is 4.53. The van der Waals surface area contributed by atoms with Crippen LogP contribution in [0.3, 0.4) is 0 Å². The molecule has 98 valence electrons. The fraction of sp³-hybridized carbons (Fsp3) is 0.750. The quantitative estimate of drug-likeness (QED) is 0.869. The minimum absolute atomic E-state index is 0. The Morgan fingerprint density at radius 3 is 3.00 bits per heavy atom. The lowest BCUT2D eigenvalue weighted by Crippen LogP contribution is -2.36. The van der Waals surface area contributed by atoms with Gasteiger partial charge in [-0.15, -0.1) is 12.4 Å². The van der Waals surface area contributed by atoms with E-state index in [0.29, 0.717) is 6.04 Å². The van der Waals surface area contributed by atoms with Gasteiger partial charge in [-0.25, -0.2) is 0 Å². The fourth-order valence-corrected chi connectivity index (χ4v) is 2.47. The van der Waals surface area contributed by atoms with Gasteiger partial charge < -0.3 is 5.32 Å². The number of rotatable bonds is 5.